The van der Waals surface area contributed by atoms with Gasteiger partial charge in [-0.2, -0.15) is 0 Å². The lowest BCUT2D eigenvalue weighted by Crippen LogP contribution is -2.05. The molecular formula is C19H17NO. The molecule has 0 spiro atoms. The van der Waals surface area contributed by atoms with Gasteiger partial charge in [-0.25, -0.2) is 0 Å². The second kappa shape index (κ2) is 6.23. The Labute approximate surface area is 124 Å². The maximum Gasteiger partial charge on any atom is 0.182 e. The fourth-order valence-corrected chi connectivity index (χ4v) is 2.43. The number of aromatic nitrogens is 1. The first-order valence-electron chi connectivity index (χ1n) is 7.14. The quantitative estimate of drug-likeness (QED) is 0.771. The van der Waals surface area contributed by atoms with Crippen LogP contribution in [0.15, 0.2) is 77.6 Å². The molecule has 1 N–H and O–H groups in total. The molecule has 0 saturated carbocycles. The number of aryl methyl sites for hydroxylation is 2. The second-order valence-electron chi connectivity index (χ2n) is 5.11. The van der Waals surface area contributed by atoms with Gasteiger partial charge in [0, 0.05) is 23.5 Å². The van der Waals surface area contributed by atoms with Crippen molar-refractivity contribution >= 4 is 0 Å². The monoisotopic (exact) mass is 275 g/mol. The van der Waals surface area contributed by atoms with E-state index in [1.807, 2.05) is 48.5 Å². The molecule has 0 saturated heterocycles. The van der Waals surface area contributed by atoms with Crippen molar-refractivity contribution in [3.8, 4) is 11.3 Å². The summed E-state index contributed by atoms with van der Waals surface area (Å²) >= 11 is 0. The lowest BCUT2D eigenvalue weighted by atomic mass is 10.1. The smallest absolute Gasteiger partial charge is 0.182 e. The molecule has 2 aromatic carbocycles. The van der Waals surface area contributed by atoms with Crippen LogP contribution < -0.4 is 5.43 Å². The molecule has 1 aromatic heterocycles. The first-order valence-corrected chi connectivity index (χ1v) is 7.14. The molecule has 3 rings (SSSR count). The minimum Gasteiger partial charge on any atom is -0.358 e. The minimum atomic E-state index is 0.0515. The van der Waals surface area contributed by atoms with Crippen molar-refractivity contribution in [1.82, 2.24) is 4.98 Å². The van der Waals surface area contributed by atoms with Gasteiger partial charge in [0.25, 0.3) is 0 Å². The number of H-pyrrole nitrogens is 1. The standard InChI is InChI=1S/C19H17NO/c21-18-13-17(12-11-15-7-3-1-4-8-15)20-19(14-18)16-9-5-2-6-10-16/h1-10,13-14H,11-12H2,(H,20,21). The summed E-state index contributed by atoms with van der Waals surface area (Å²) in [5, 5.41) is 0. The average molecular weight is 275 g/mol. The van der Waals surface area contributed by atoms with E-state index < -0.39 is 0 Å². The van der Waals surface area contributed by atoms with E-state index in [1.165, 1.54) is 5.56 Å². The van der Waals surface area contributed by atoms with Crippen LogP contribution in [0, 0.1) is 0 Å². The number of hydrogen-bond donors (Lipinski definition) is 1. The fourth-order valence-electron chi connectivity index (χ4n) is 2.43. The highest BCUT2D eigenvalue weighted by Crippen LogP contribution is 2.15. The van der Waals surface area contributed by atoms with E-state index in [9.17, 15) is 4.79 Å². The summed E-state index contributed by atoms with van der Waals surface area (Å²) in [6.07, 6.45) is 1.76. The number of benzene rings is 2. The van der Waals surface area contributed by atoms with E-state index in [-0.39, 0.29) is 5.43 Å². The van der Waals surface area contributed by atoms with Gasteiger partial charge in [0.15, 0.2) is 5.43 Å². The third-order valence-corrected chi connectivity index (χ3v) is 3.51. The van der Waals surface area contributed by atoms with Gasteiger partial charge in [-0.15, -0.1) is 0 Å². The summed E-state index contributed by atoms with van der Waals surface area (Å²) in [5.41, 5.74) is 4.23. The molecule has 0 atom stereocenters. The molecular weight excluding hydrogens is 258 g/mol. The average Bonchev–Trinajstić information content (AvgIpc) is 2.54. The van der Waals surface area contributed by atoms with Crippen LogP contribution >= 0.6 is 0 Å². The Balaban J connectivity index is 1.83. The van der Waals surface area contributed by atoms with Crippen molar-refractivity contribution in [3.63, 3.8) is 0 Å². The molecule has 0 aliphatic heterocycles. The predicted octanol–water partition coefficient (Wildman–Crippen LogP) is 3.83. The van der Waals surface area contributed by atoms with Crippen LogP contribution in [-0.2, 0) is 12.8 Å². The van der Waals surface area contributed by atoms with Crippen LogP contribution in [0.3, 0.4) is 0 Å². The Hall–Kier alpha value is -2.61. The molecule has 2 heteroatoms. The molecule has 2 nitrogen and oxygen atoms in total. The fraction of sp³-hybridized carbons (Fsp3) is 0.105. The predicted molar refractivity (Wildman–Crippen MR) is 86.3 cm³/mol. The van der Waals surface area contributed by atoms with E-state index in [2.05, 4.69) is 17.1 Å². The zero-order chi connectivity index (χ0) is 14.5. The number of aromatic amines is 1. The highest BCUT2D eigenvalue weighted by molar-refractivity contribution is 5.58. The number of rotatable bonds is 4. The molecule has 21 heavy (non-hydrogen) atoms. The summed E-state index contributed by atoms with van der Waals surface area (Å²) in [4.78, 5) is 15.2. The van der Waals surface area contributed by atoms with Gasteiger partial charge in [0.1, 0.15) is 0 Å². The Morgan fingerprint density at radius 3 is 2.14 bits per heavy atom. The molecule has 0 aliphatic rings. The van der Waals surface area contributed by atoms with Crippen molar-refractivity contribution < 1.29 is 0 Å². The topological polar surface area (TPSA) is 32.9 Å². The highest BCUT2D eigenvalue weighted by atomic mass is 16.1. The molecule has 0 fully saturated rings. The van der Waals surface area contributed by atoms with E-state index in [0.29, 0.717) is 0 Å². The van der Waals surface area contributed by atoms with Crippen molar-refractivity contribution in [2.75, 3.05) is 0 Å². The van der Waals surface area contributed by atoms with Gasteiger partial charge in [0.2, 0.25) is 0 Å². The highest BCUT2D eigenvalue weighted by Gasteiger charge is 2.02. The third-order valence-electron chi connectivity index (χ3n) is 3.51. The van der Waals surface area contributed by atoms with E-state index >= 15 is 0 Å². The largest absolute Gasteiger partial charge is 0.358 e. The van der Waals surface area contributed by atoms with Crippen LogP contribution in [0.4, 0.5) is 0 Å². The zero-order valence-corrected chi connectivity index (χ0v) is 11.8. The molecule has 0 bridgehead atoms. The molecule has 0 aliphatic carbocycles. The summed E-state index contributed by atoms with van der Waals surface area (Å²) in [5.74, 6) is 0. The van der Waals surface area contributed by atoms with Crippen LogP contribution in [0.1, 0.15) is 11.3 Å². The Morgan fingerprint density at radius 1 is 0.762 bits per heavy atom. The maximum atomic E-state index is 11.9. The van der Waals surface area contributed by atoms with Gasteiger partial charge >= 0.3 is 0 Å². The lowest BCUT2D eigenvalue weighted by molar-refractivity contribution is 0.913. The maximum absolute atomic E-state index is 11.9. The number of hydrogen-bond acceptors (Lipinski definition) is 1. The number of pyridine rings is 1. The number of nitrogens with one attached hydrogen (secondary N) is 1. The molecule has 0 radical (unpaired) electrons. The normalized spacial score (nSPS) is 10.5. The zero-order valence-electron chi connectivity index (χ0n) is 11.8. The molecule has 104 valence electrons. The van der Waals surface area contributed by atoms with Gasteiger partial charge in [-0.3, -0.25) is 4.79 Å². The van der Waals surface area contributed by atoms with Crippen LogP contribution in [0.5, 0.6) is 0 Å². The Bertz CT molecular complexity index is 760. The summed E-state index contributed by atoms with van der Waals surface area (Å²) in [7, 11) is 0. The lowest BCUT2D eigenvalue weighted by Gasteiger charge is -2.06. The summed E-state index contributed by atoms with van der Waals surface area (Å²) in [6.45, 7) is 0. The van der Waals surface area contributed by atoms with E-state index in [1.54, 1.807) is 12.1 Å². The Kier molecular flexibility index (Phi) is 3.97. The second-order valence-corrected chi connectivity index (χ2v) is 5.11. The first-order chi connectivity index (χ1) is 10.3. The minimum absolute atomic E-state index is 0.0515. The van der Waals surface area contributed by atoms with E-state index in [0.717, 1.165) is 29.8 Å². The third kappa shape index (κ3) is 3.48. The summed E-state index contributed by atoms with van der Waals surface area (Å²) < 4.78 is 0. The van der Waals surface area contributed by atoms with Crippen LogP contribution in [0.25, 0.3) is 11.3 Å². The molecule has 3 aromatic rings. The van der Waals surface area contributed by atoms with Gasteiger partial charge in [-0.05, 0) is 24.0 Å². The first kappa shape index (κ1) is 13.4. The van der Waals surface area contributed by atoms with Crippen molar-refractivity contribution in [3.05, 3.63) is 94.3 Å². The molecule has 0 amide bonds. The molecule has 0 unspecified atom stereocenters. The summed E-state index contributed by atoms with van der Waals surface area (Å²) in [6, 6.07) is 23.6. The van der Waals surface area contributed by atoms with Crippen molar-refractivity contribution in [2.45, 2.75) is 12.8 Å². The Morgan fingerprint density at radius 2 is 1.43 bits per heavy atom. The van der Waals surface area contributed by atoms with Crippen molar-refractivity contribution in [2.24, 2.45) is 0 Å². The van der Waals surface area contributed by atoms with Crippen molar-refractivity contribution in [1.29, 1.82) is 0 Å². The van der Waals surface area contributed by atoms with Crippen LogP contribution in [-0.4, -0.2) is 4.98 Å². The van der Waals surface area contributed by atoms with Crippen LogP contribution in [0.2, 0.25) is 0 Å². The molecule has 1 heterocycles. The van der Waals surface area contributed by atoms with Gasteiger partial charge in [0.05, 0.1) is 0 Å². The van der Waals surface area contributed by atoms with E-state index in [4.69, 9.17) is 0 Å². The SMILES string of the molecule is O=c1cc(CCc2ccccc2)[nH]c(-c2ccccc2)c1. The van der Waals surface area contributed by atoms with Gasteiger partial charge in [-0.1, -0.05) is 60.7 Å². The van der Waals surface area contributed by atoms with Gasteiger partial charge < -0.3 is 4.98 Å².